The Kier molecular flexibility index (Phi) is 5.24. The van der Waals surface area contributed by atoms with Crippen LogP contribution in [0.1, 0.15) is 22.6 Å². The molecule has 8 heteroatoms. The summed E-state index contributed by atoms with van der Waals surface area (Å²) < 4.78 is 0. The predicted molar refractivity (Wildman–Crippen MR) is 105 cm³/mol. The topological polar surface area (TPSA) is 78.1 Å². The second-order valence-corrected chi connectivity index (χ2v) is 8.37. The Balaban J connectivity index is 1.43. The van der Waals surface area contributed by atoms with Gasteiger partial charge in [0.1, 0.15) is 6.04 Å². The average molecular weight is 392 g/mol. The van der Waals surface area contributed by atoms with E-state index in [0.29, 0.717) is 11.2 Å². The molecule has 4 rings (SSSR count). The molecule has 2 aromatic rings. The molecule has 0 bridgehead atoms. The predicted octanol–water partition coefficient (Wildman–Crippen LogP) is 2.09. The number of halogens is 1. The maximum atomic E-state index is 12.7. The number of carbonyl (C=O) groups excluding carboxylic acids is 1. The highest BCUT2D eigenvalue weighted by atomic mass is 35.5. The molecule has 6 nitrogen and oxygen atoms in total. The Bertz CT molecular complexity index is 811. The van der Waals surface area contributed by atoms with Crippen molar-refractivity contribution in [3.63, 3.8) is 0 Å². The van der Waals surface area contributed by atoms with Crippen molar-refractivity contribution < 1.29 is 4.79 Å². The first-order valence-electron chi connectivity index (χ1n) is 8.83. The third kappa shape index (κ3) is 3.77. The summed E-state index contributed by atoms with van der Waals surface area (Å²) in [4.78, 5) is 18.4. The van der Waals surface area contributed by atoms with Gasteiger partial charge in [-0.15, -0.1) is 11.3 Å². The monoisotopic (exact) mass is 391 g/mol. The van der Waals surface area contributed by atoms with E-state index in [1.165, 1.54) is 11.3 Å². The van der Waals surface area contributed by atoms with Crippen molar-refractivity contribution in [3.8, 4) is 0 Å². The minimum atomic E-state index is -0.242. The summed E-state index contributed by atoms with van der Waals surface area (Å²) in [5.41, 5.74) is 8.48. The second kappa shape index (κ2) is 7.62. The minimum Gasteiger partial charge on any atom is -0.316 e. The van der Waals surface area contributed by atoms with E-state index in [0.717, 1.165) is 47.1 Å². The summed E-state index contributed by atoms with van der Waals surface area (Å²) in [6.45, 7) is 3.81. The first-order valence-corrected chi connectivity index (χ1v) is 10.0. The number of nitrogens with one attached hydrogen (secondary N) is 4. The number of hydrogen-bond acceptors (Lipinski definition) is 6. The highest BCUT2D eigenvalue weighted by molar-refractivity contribution is 7.15. The number of thiazole rings is 1. The molecular formula is C18H22ClN5OS. The van der Waals surface area contributed by atoms with Gasteiger partial charge >= 0.3 is 0 Å². The number of fused-ring (bicyclic) bond motifs is 1. The van der Waals surface area contributed by atoms with Crippen molar-refractivity contribution >= 4 is 34.0 Å². The third-order valence-electron chi connectivity index (χ3n) is 5.04. The molecule has 2 fully saturated rings. The van der Waals surface area contributed by atoms with Crippen LogP contribution in [0.2, 0.25) is 5.02 Å². The summed E-state index contributed by atoms with van der Waals surface area (Å²) >= 11 is 7.59. The lowest BCUT2D eigenvalue weighted by molar-refractivity contribution is -0.118. The van der Waals surface area contributed by atoms with E-state index < -0.39 is 0 Å². The zero-order valence-corrected chi connectivity index (χ0v) is 16.1. The van der Waals surface area contributed by atoms with Crippen molar-refractivity contribution in [2.45, 2.75) is 31.8 Å². The van der Waals surface area contributed by atoms with Crippen LogP contribution in [-0.4, -0.2) is 36.1 Å². The molecule has 0 spiro atoms. The van der Waals surface area contributed by atoms with E-state index in [2.05, 4.69) is 26.5 Å². The molecule has 0 aliphatic carbocycles. The number of rotatable bonds is 4. The van der Waals surface area contributed by atoms with Crippen LogP contribution >= 0.6 is 22.9 Å². The number of anilines is 1. The number of aromatic nitrogens is 1. The van der Waals surface area contributed by atoms with E-state index >= 15 is 0 Å². The molecule has 4 N–H and O–H groups in total. The number of nitrogens with zero attached hydrogens (tertiary/aromatic N) is 1. The zero-order chi connectivity index (χ0) is 18.1. The van der Waals surface area contributed by atoms with Crippen LogP contribution in [0.4, 0.5) is 5.13 Å². The van der Waals surface area contributed by atoms with E-state index in [1.54, 1.807) is 0 Å². The molecule has 2 saturated heterocycles. The normalized spacial score (nSPS) is 25.1. The van der Waals surface area contributed by atoms with Gasteiger partial charge in [-0.2, -0.15) is 0 Å². The van der Waals surface area contributed by atoms with Gasteiger partial charge in [0.05, 0.1) is 5.69 Å². The zero-order valence-electron chi connectivity index (χ0n) is 14.5. The number of aryl methyl sites for hydroxylation is 1. The van der Waals surface area contributed by atoms with Gasteiger partial charge < -0.3 is 10.6 Å². The first kappa shape index (κ1) is 17.9. The van der Waals surface area contributed by atoms with Gasteiger partial charge in [-0.25, -0.2) is 10.4 Å². The van der Waals surface area contributed by atoms with Crippen LogP contribution < -0.4 is 21.5 Å². The Labute approximate surface area is 161 Å². The summed E-state index contributed by atoms with van der Waals surface area (Å²) in [5.74, 6) is 0.229. The molecule has 3 heterocycles. The standard InChI is InChI=1S/C18H22ClN5OS/c1-10-15(8-11-3-2-4-12(19)7-11)26-18(21-10)22-17(25)16-13-9-20-6-5-14(13)23-24-16/h2-4,7,13-14,16,20,23-24H,5-6,8-9H2,1H3,(H,21,22,25). The van der Waals surface area contributed by atoms with Crippen LogP contribution in [0.5, 0.6) is 0 Å². The van der Waals surface area contributed by atoms with E-state index in [4.69, 9.17) is 11.6 Å². The summed E-state index contributed by atoms with van der Waals surface area (Å²) in [7, 11) is 0. The van der Waals surface area contributed by atoms with Crippen molar-refractivity contribution in [1.82, 2.24) is 21.2 Å². The van der Waals surface area contributed by atoms with Crippen molar-refractivity contribution in [2.24, 2.45) is 5.92 Å². The molecule has 3 unspecified atom stereocenters. The average Bonchev–Trinajstić information content (AvgIpc) is 3.19. The van der Waals surface area contributed by atoms with E-state index in [9.17, 15) is 4.79 Å². The van der Waals surface area contributed by atoms with E-state index in [1.807, 2.05) is 31.2 Å². The number of piperidine rings is 1. The molecule has 0 saturated carbocycles. The number of hydrazine groups is 1. The molecule has 1 aromatic carbocycles. The maximum Gasteiger partial charge on any atom is 0.245 e. The molecule has 0 radical (unpaired) electrons. The van der Waals surface area contributed by atoms with Crippen molar-refractivity contribution in [3.05, 3.63) is 45.4 Å². The lowest BCUT2D eigenvalue weighted by Gasteiger charge is -2.27. The minimum absolute atomic E-state index is 0.0308. The van der Waals surface area contributed by atoms with Gasteiger partial charge in [0.25, 0.3) is 0 Å². The van der Waals surface area contributed by atoms with Crippen LogP contribution in [0, 0.1) is 12.8 Å². The van der Waals surface area contributed by atoms with Gasteiger partial charge in [0, 0.05) is 34.8 Å². The van der Waals surface area contributed by atoms with Crippen LogP contribution in [0.25, 0.3) is 0 Å². The first-order chi connectivity index (χ1) is 12.6. The molecule has 2 aliphatic rings. The second-order valence-electron chi connectivity index (χ2n) is 6.85. The largest absolute Gasteiger partial charge is 0.316 e. The van der Waals surface area contributed by atoms with Gasteiger partial charge in [0.15, 0.2) is 5.13 Å². The quantitative estimate of drug-likeness (QED) is 0.642. The van der Waals surface area contributed by atoms with Crippen LogP contribution in [0.15, 0.2) is 24.3 Å². The molecule has 138 valence electrons. The maximum absolute atomic E-state index is 12.7. The lowest BCUT2D eigenvalue weighted by Crippen LogP contribution is -2.47. The number of carbonyl (C=O) groups is 1. The van der Waals surface area contributed by atoms with Crippen LogP contribution in [-0.2, 0) is 11.2 Å². The number of benzene rings is 1. The third-order valence-corrected chi connectivity index (χ3v) is 6.35. The lowest BCUT2D eigenvalue weighted by atomic mass is 9.89. The molecule has 1 aromatic heterocycles. The summed E-state index contributed by atoms with van der Waals surface area (Å²) in [5, 5.41) is 7.74. The van der Waals surface area contributed by atoms with Gasteiger partial charge in [-0.3, -0.25) is 10.2 Å². The number of amides is 1. The van der Waals surface area contributed by atoms with Crippen molar-refractivity contribution in [2.75, 3.05) is 18.4 Å². The molecule has 2 aliphatic heterocycles. The fourth-order valence-corrected chi connectivity index (χ4v) is 4.85. The summed E-state index contributed by atoms with van der Waals surface area (Å²) in [6, 6.07) is 7.93. The van der Waals surface area contributed by atoms with Gasteiger partial charge in [-0.1, -0.05) is 23.7 Å². The van der Waals surface area contributed by atoms with Crippen LogP contribution in [0.3, 0.4) is 0 Å². The number of hydrogen-bond donors (Lipinski definition) is 4. The highest BCUT2D eigenvalue weighted by Gasteiger charge is 2.41. The van der Waals surface area contributed by atoms with Gasteiger partial charge in [-0.05, 0) is 37.6 Å². The molecular weight excluding hydrogens is 370 g/mol. The summed E-state index contributed by atoms with van der Waals surface area (Å²) in [6.07, 6.45) is 1.79. The highest BCUT2D eigenvalue weighted by Crippen LogP contribution is 2.27. The van der Waals surface area contributed by atoms with E-state index in [-0.39, 0.29) is 17.9 Å². The fraction of sp³-hybridized carbons (Fsp3) is 0.444. The Hall–Kier alpha value is -1.51. The smallest absolute Gasteiger partial charge is 0.245 e. The Morgan fingerprint density at radius 2 is 2.31 bits per heavy atom. The fourth-order valence-electron chi connectivity index (χ4n) is 3.64. The molecule has 26 heavy (non-hydrogen) atoms. The van der Waals surface area contributed by atoms with Crippen molar-refractivity contribution in [1.29, 1.82) is 0 Å². The molecule has 1 amide bonds. The Morgan fingerprint density at radius 3 is 3.15 bits per heavy atom. The SMILES string of the molecule is Cc1nc(NC(=O)C2NNC3CCNCC32)sc1Cc1cccc(Cl)c1. The Morgan fingerprint density at radius 1 is 1.42 bits per heavy atom. The molecule has 3 atom stereocenters. The van der Waals surface area contributed by atoms with Gasteiger partial charge in [0.2, 0.25) is 5.91 Å².